The first-order valence-corrected chi connectivity index (χ1v) is 22.0. The second kappa shape index (κ2) is 13.5. The van der Waals surface area contributed by atoms with Gasteiger partial charge in [0.05, 0.1) is 0 Å². The van der Waals surface area contributed by atoms with Gasteiger partial charge in [0.15, 0.2) is 0 Å². The molecular formula is C54H33NS3. The van der Waals surface area contributed by atoms with Crippen LogP contribution in [0.1, 0.15) is 0 Å². The molecule has 0 amide bonds. The van der Waals surface area contributed by atoms with Crippen LogP contribution >= 0.6 is 34.0 Å². The maximum absolute atomic E-state index is 2.37. The third kappa shape index (κ3) is 5.48. The Morgan fingerprint density at radius 1 is 0.276 bits per heavy atom. The minimum atomic E-state index is 1.11. The Labute approximate surface area is 347 Å². The fourth-order valence-corrected chi connectivity index (χ4v) is 12.3. The number of nitrogens with zero attached hydrogens (tertiary/aromatic N) is 1. The predicted octanol–water partition coefficient (Wildman–Crippen LogP) is 17.3. The number of fused-ring (bicyclic) bond motifs is 10. The summed E-state index contributed by atoms with van der Waals surface area (Å²) in [5.41, 5.74) is 10.7. The van der Waals surface area contributed by atoms with E-state index in [0.29, 0.717) is 0 Å². The summed E-state index contributed by atoms with van der Waals surface area (Å²) in [5, 5.41) is 8.06. The molecule has 0 N–H and O–H groups in total. The summed E-state index contributed by atoms with van der Waals surface area (Å²) in [6.07, 6.45) is 0. The summed E-state index contributed by atoms with van der Waals surface area (Å²) < 4.78 is 8.05. The maximum atomic E-state index is 2.37. The highest BCUT2D eigenvalue weighted by atomic mass is 32.1. The van der Waals surface area contributed by atoms with Crippen molar-refractivity contribution in [1.82, 2.24) is 0 Å². The highest BCUT2D eigenvalue weighted by Gasteiger charge is 2.18. The molecule has 58 heavy (non-hydrogen) atoms. The van der Waals surface area contributed by atoms with E-state index < -0.39 is 0 Å². The van der Waals surface area contributed by atoms with Crippen molar-refractivity contribution in [3.05, 3.63) is 200 Å². The van der Waals surface area contributed by atoms with E-state index in [1.54, 1.807) is 0 Å². The zero-order chi connectivity index (χ0) is 38.2. The minimum Gasteiger partial charge on any atom is -0.311 e. The molecule has 0 aliphatic carbocycles. The van der Waals surface area contributed by atoms with Gasteiger partial charge in [-0.3, -0.25) is 0 Å². The van der Waals surface area contributed by atoms with E-state index in [1.165, 1.54) is 93.9 Å². The van der Waals surface area contributed by atoms with Crippen molar-refractivity contribution in [2.45, 2.75) is 0 Å². The molecule has 1 nitrogen and oxygen atoms in total. The van der Waals surface area contributed by atoms with Crippen LogP contribution in [0.15, 0.2) is 200 Å². The number of hydrogen-bond acceptors (Lipinski definition) is 4. The van der Waals surface area contributed by atoms with E-state index in [9.17, 15) is 0 Å². The molecular weight excluding hydrogens is 759 g/mol. The summed E-state index contributed by atoms with van der Waals surface area (Å²) in [6.45, 7) is 0. The monoisotopic (exact) mass is 791 g/mol. The summed E-state index contributed by atoms with van der Waals surface area (Å²) in [6, 6.07) is 73.6. The van der Waals surface area contributed by atoms with Crippen molar-refractivity contribution in [3.63, 3.8) is 0 Å². The van der Waals surface area contributed by atoms with Crippen LogP contribution in [0.25, 0.3) is 93.9 Å². The first kappa shape index (κ1) is 33.6. The van der Waals surface area contributed by atoms with Crippen molar-refractivity contribution < 1.29 is 0 Å². The van der Waals surface area contributed by atoms with E-state index >= 15 is 0 Å². The van der Waals surface area contributed by atoms with Gasteiger partial charge in [0.25, 0.3) is 0 Å². The lowest BCUT2D eigenvalue weighted by molar-refractivity contribution is 1.28. The highest BCUT2D eigenvalue weighted by Crippen LogP contribution is 2.48. The molecule has 272 valence electrons. The molecule has 12 rings (SSSR count). The van der Waals surface area contributed by atoms with Crippen LogP contribution in [0.4, 0.5) is 17.1 Å². The van der Waals surface area contributed by atoms with E-state index in [4.69, 9.17) is 0 Å². The molecule has 0 aliphatic heterocycles. The lowest BCUT2D eigenvalue weighted by Crippen LogP contribution is -2.09. The van der Waals surface area contributed by atoms with Crippen molar-refractivity contribution in [2.24, 2.45) is 0 Å². The van der Waals surface area contributed by atoms with Crippen LogP contribution in [0.5, 0.6) is 0 Å². The quantitative estimate of drug-likeness (QED) is 0.162. The number of thiophene rings is 3. The van der Waals surface area contributed by atoms with Crippen molar-refractivity contribution in [2.75, 3.05) is 4.90 Å². The average molecular weight is 792 g/mol. The lowest BCUT2D eigenvalue weighted by atomic mass is 9.98. The number of anilines is 3. The zero-order valence-corrected chi connectivity index (χ0v) is 33.7. The summed E-state index contributed by atoms with van der Waals surface area (Å²) in [7, 11) is 0. The molecule has 0 spiro atoms. The Morgan fingerprint density at radius 2 is 0.759 bits per heavy atom. The van der Waals surface area contributed by atoms with Gasteiger partial charge in [0, 0.05) is 77.6 Å². The van der Waals surface area contributed by atoms with Crippen LogP contribution in [0.2, 0.25) is 0 Å². The number of hydrogen-bond donors (Lipinski definition) is 0. The van der Waals surface area contributed by atoms with Crippen LogP contribution in [0, 0.1) is 0 Å². The second-order valence-corrected chi connectivity index (χ2v) is 18.1. The molecule has 12 aromatic rings. The summed E-state index contributed by atoms with van der Waals surface area (Å²) in [4.78, 5) is 2.37. The second-order valence-electron chi connectivity index (χ2n) is 14.8. The molecule has 0 fully saturated rings. The van der Waals surface area contributed by atoms with Crippen LogP contribution in [0.3, 0.4) is 0 Å². The first-order chi connectivity index (χ1) is 28.7. The fourth-order valence-electron chi connectivity index (χ4n) is 8.71. The molecule has 3 heterocycles. The van der Waals surface area contributed by atoms with E-state index in [1.807, 2.05) is 34.0 Å². The Bertz CT molecular complexity index is 3480. The Balaban J connectivity index is 0.957. The molecule has 0 atom stereocenters. The molecule has 3 aromatic heterocycles. The summed E-state index contributed by atoms with van der Waals surface area (Å²) in [5.74, 6) is 0. The molecule has 0 bridgehead atoms. The van der Waals surface area contributed by atoms with Crippen LogP contribution in [-0.4, -0.2) is 0 Å². The molecule has 0 aliphatic rings. The first-order valence-electron chi connectivity index (χ1n) is 19.6. The van der Waals surface area contributed by atoms with Gasteiger partial charge in [-0.05, 0) is 106 Å². The molecule has 4 heteroatoms. The maximum Gasteiger partial charge on any atom is 0.0462 e. The van der Waals surface area contributed by atoms with E-state index in [0.717, 1.165) is 17.1 Å². The Kier molecular flexibility index (Phi) is 7.83. The van der Waals surface area contributed by atoms with Gasteiger partial charge in [0.2, 0.25) is 0 Å². The van der Waals surface area contributed by atoms with Gasteiger partial charge in [-0.25, -0.2) is 0 Å². The predicted molar refractivity (Wildman–Crippen MR) is 256 cm³/mol. The minimum absolute atomic E-state index is 1.11. The van der Waals surface area contributed by atoms with Gasteiger partial charge >= 0.3 is 0 Å². The topological polar surface area (TPSA) is 3.24 Å². The Hall–Kier alpha value is -6.56. The zero-order valence-electron chi connectivity index (χ0n) is 31.2. The van der Waals surface area contributed by atoms with E-state index in [2.05, 4.69) is 205 Å². The average Bonchev–Trinajstić information content (AvgIpc) is 3.99. The van der Waals surface area contributed by atoms with Crippen molar-refractivity contribution in [3.8, 4) is 33.4 Å². The highest BCUT2D eigenvalue weighted by molar-refractivity contribution is 7.30. The lowest BCUT2D eigenvalue weighted by Gasteiger charge is -2.26. The molecule has 0 unspecified atom stereocenters. The van der Waals surface area contributed by atoms with Gasteiger partial charge in [-0.1, -0.05) is 127 Å². The third-order valence-electron chi connectivity index (χ3n) is 11.5. The van der Waals surface area contributed by atoms with Crippen LogP contribution in [-0.2, 0) is 0 Å². The Morgan fingerprint density at radius 3 is 1.47 bits per heavy atom. The molecule has 9 aromatic carbocycles. The molecule has 0 saturated carbocycles. The van der Waals surface area contributed by atoms with E-state index in [-0.39, 0.29) is 0 Å². The SMILES string of the molecule is c1ccc(-c2ccc(N(c3ccc(-c4ccc5sc6ccccc6c5c4)cc3)c3ccc(-c4cccc5sc6ccc7c8ccccc8sc7c6c45)cc3)cc2)cc1. The third-order valence-corrected chi connectivity index (χ3v) is 15.0. The number of benzene rings is 9. The van der Waals surface area contributed by atoms with Gasteiger partial charge in [0.1, 0.15) is 0 Å². The summed E-state index contributed by atoms with van der Waals surface area (Å²) >= 11 is 5.68. The normalized spacial score (nSPS) is 11.8. The smallest absolute Gasteiger partial charge is 0.0462 e. The van der Waals surface area contributed by atoms with Gasteiger partial charge < -0.3 is 4.90 Å². The fraction of sp³-hybridized carbons (Fsp3) is 0. The van der Waals surface area contributed by atoms with Gasteiger partial charge in [-0.15, -0.1) is 34.0 Å². The largest absolute Gasteiger partial charge is 0.311 e. The van der Waals surface area contributed by atoms with Crippen molar-refractivity contribution in [1.29, 1.82) is 0 Å². The number of rotatable bonds is 6. The molecule has 0 radical (unpaired) electrons. The van der Waals surface area contributed by atoms with Crippen LogP contribution < -0.4 is 4.90 Å². The molecule has 0 saturated heterocycles. The van der Waals surface area contributed by atoms with Gasteiger partial charge in [-0.2, -0.15) is 0 Å². The standard InChI is InChI=1S/C54H33NS3/c1-2-9-34(10-3-1)35-17-24-39(25-18-35)55(40-26-19-36(20-27-40)38-23-31-49-46(33-38)44-12-5-6-14-47(44)56-49)41-28-21-37(22-29-41)42-13-8-16-50-52(42)53-51(57-50)32-30-45-43-11-4-7-15-48(43)58-54(45)53/h1-33H. The van der Waals surface area contributed by atoms with Crippen molar-refractivity contribution >= 4 is 112 Å².